The summed E-state index contributed by atoms with van der Waals surface area (Å²) in [6.45, 7) is -0.456. The normalized spacial score (nSPS) is 14.6. The molecule has 194 valence electrons. The maximum Gasteiger partial charge on any atom is 0.321 e. The molecule has 5 rings (SSSR count). The highest BCUT2D eigenvalue weighted by atomic mass is 35.5. The van der Waals surface area contributed by atoms with E-state index in [9.17, 15) is 18.8 Å². The summed E-state index contributed by atoms with van der Waals surface area (Å²) in [5.74, 6) is -1.93. The lowest BCUT2D eigenvalue weighted by Crippen LogP contribution is -2.50. The molecule has 2 N–H and O–H groups in total. The predicted octanol–water partition coefficient (Wildman–Crippen LogP) is 5.69. The second kappa shape index (κ2) is 11.3. The van der Waals surface area contributed by atoms with Crippen LogP contribution in [0.25, 0.3) is 0 Å². The molecule has 4 aromatic rings. The third-order valence-corrected chi connectivity index (χ3v) is 6.32. The average molecular weight is 541 g/mol. The van der Waals surface area contributed by atoms with E-state index in [4.69, 9.17) is 11.6 Å². The zero-order chi connectivity index (χ0) is 27.4. The summed E-state index contributed by atoms with van der Waals surface area (Å²) < 4.78 is 14.4. The molecule has 0 unspecified atom stereocenters. The highest BCUT2D eigenvalue weighted by Gasteiger charge is 2.34. The quantitative estimate of drug-likeness (QED) is 0.308. The first-order chi connectivity index (χ1) is 18.9. The molecule has 0 aromatic heterocycles. The van der Waals surface area contributed by atoms with E-state index in [1.54, 1.807) is 54.6 Å². The van der Waals surface area contributed by atoms with Crippen LogP contribution in [0.3, 0.4) is 0 Å². The van der Waals surface area contributed by atoms with Gasteiger partial charge in [-0.25, -0.2) is 14.2 Å². The molecule has 0 saturated carbocycles. The number of nitrogens with one attached hydrogen (secondary N) is 2. The second-order valence-corrected chi connectivity index (χ2v) is 9.14. The number of fused-ring (bicyclic) bond motifs is 1. The van der Waals surface area contributed by atoms with Gasteiger partial charge in [0.1, 0.15) is 5.82 Å². The first kappa shape index (κ1) is 25.8. The summed E-state index contributed by atoms with van der Waals surface area (Å²) in [6, 6.07) is 27.6. The summed E-state index contributed by atoms with van der Waals surface area (Å²) in [5.41, 5.74) is 2.44. The van der Waals surface area contributed by atoms with Gasteiger partial charge in [-0.1, -0.05) is 78.3 Å². The number of benzodiazepines with no additional fused rings is 1. The number of benzene rings is 4. The monoisotopic (exact) mass is 540 g/mol. The zero-order valence-electron chi connectivity index (χ0n) is 20.5. The molecular weight excluding hydrogens is 519 g/mol. The number of aliphatic imine (C=N–C) groups is 1. The molecule has 1 aliphatic heterocycles. The van der Waals surface area contributed by atoms with E-state index < -0.39 is 36.2 Å². The number of hydrogen-bond acceptors (Lipinski definition) is 4. The Morgan fingerprint density at radius 2 is 1.62 bits per heavy atom. The fourth-order valence-electron chi connectivity index (χ4n) is 4.29. The summed E-state index contributed by atoms with van der Waals surface area (Å²) >= 11 is 6.02. The maximum absolute atomic E-state index is 14.4. The molecule has 39 heavy (non-hydrogen) atoms. The van der Waals surface area contributed by atoms with Crippen LogP contribution in [-0.4, -0.2) is 36.1 Å². The van der Waals surface area contributed by atoms with Gasteiger partial charge in [-0.3, -0.25) is 9.59 Å². The van der Waals surface area contributed by atoms with Crippen LogP contribution < -0.4 is 15.5 Å². The molecule has 7 nitrogen and oxygen atoms in total. The number of para-hydroxylation sites is 1. The second-order valence-electron chi connectivity index (χ2n) is 8.70. The lowest BCUT2D eigenvalue weighted by Gasteiger charge is -2.25. The molecule has 9 heteroatoms. The van der Waals surface area contributed by atoms with E-state index in [0.29, 0.717) is 33.2 Å². The molecule has 1 heterocycles. The van der Waals surface area contributed by atoms with Crippen molar-refractivity contribution in [2.24, 2.45) is 4.99 Å². The molecule has 0 fully saturated rings. The first-order valence-corrected chi connectivity index (χ1v) is 12.4. The maximum atomic E-state index is 14.4. The fraction of sp³-hybridized carbons (Fsp3) is 0.0667. The molecule has 0 aliphatic carbocycles. The third-order valence-electron chi connectivity index (χ3n) is 6.08. The Morgan fingerprint density at radius 3 is 2.38 bits per heavy atom. The fourth-order valence-corrected chi connectivity index (χ4v) is 4.48. The zero-order valence-corrected chi connectivity index (χ0v) is 21.2. The summed E-state index contributed by atoms with van der Waals surface area (Å²) in [4.78, 5) is 45.9. The van der Waals surface area contributed by atoms with E-state index in [1.165, 1.54) is 23.1 Å². The summed E-state index contributed by atoms with van der Waals surface area (Å²) in [6.07, 6.45) is -1.39. The number of carbonyl (C=O) groups is 3. The Morgan fingerprint density at radius 1 is 0.897 bits per heavy atom. The van der Waals surface area contributed by atoms with Crippen molar-refractivity contribution >= 4 is 46.4 Å². The van der Waals surface area contributed by atoms with E-state index in [0.717, 1.165) is 0 Å². The van der Waals surface area contributed by atoms with E-state index >= 15 is 0 Å². The van der Waals surface area contributed by atoms with E-state index in [1.807, 2.05) is 30.3 Å². The Hall–Kier alpha value is -4.82. The number of Topliss-reactive ketones (excluding diaryl/α,β-unsaturated/α-hetero) is 1. The van der Waals surface area contributed by atoms with Crippen molar-refractivity contribution in [2.75, 3.05) is 16.8 Å². The van der Waals surface area contributed by atoms with Gasteiger partial charge in [0.2, 0.25) is 6.17 Å². The minimum Gasteiger partial charge on any atom is -0.308 e. The predicted molar refractivity (Wildman–Crippen MR) is 149 cm³/mol. The number of nitrogens with zero attached hydrogens (tertiary/aromatic N) is 2. The highest BCUT2D eigenvalue weighted by molar-refractivity contribution is 6.31. The molecule has 0 bridgehead atoms. The molecule has 0 spiro atoms. The molecule has 0 radical (unpaired) electrons. The van der Waals surface area contributed by atoms with Crippen molar-refractivity contribution in [3.05, 3.63) is 131 Å². The molecular formula is C30H22ClFN4O3. The lowest BCUT2D eigenvalue weighted by molar-refractivity contribution is -0.120. The van der Waals surface area contributed by atoms with Crippen molar-refractivity contribution in [3.63, 3.8) is 0 Å². The van der Waals surface area contributed by atoms with E-state index in [2.05, 4.69) is 15.6 Å². The van der Waals surface area contributed by atoms with Crippen LogP contribution in [-0.2, 0) is 4.79 Å². The number of halogens is 2. The summed E-state index contributed by atoms with van der Waals surface area (Å²) in [5, 5.41) is 5.68. The first-order valence-electron chi connectivity index (χ1n) is 12.1. The van der Waals surface area contributed by atoms with Gasteiger partial charge >= 0.3 is 6.03 Å². The summed E-state index contributed by atoms with van der Waals surface area (Å²) in [7, 11) is 0. The van der Waals surface area contributed by atoms with Gasteiger partial charge in [-0.15, -0.1) is 0 Å². The number of amides is 3. The number of hydrogen-bond donors (Lipinski definition) is 2. The van der Waals surface area contributed by atoms with Crippen molar-refractivity contribution < 1.29 is 18.8 Å². The van der Waals surface area contributed by atoms with Crippen LogP contribution in [0.15, 0.2) is 108 Å². The van der Waals surface area contributed by atoms with Crippen molar-refractivity contribution in [1.82, 2.24) is 5.32 Å². The molecule has 4 aromatic carbocycles. The standard InChI is InChI=1S/C30H22ClFN4O3/c31-20-11-8-12-21(17-20)33-30(39)35-28-29(38)36(18-26(37)22-13-4-6-15-24(22)32)25-16-7-5-14-23(25)27(34-28)19-9-2-1-3-10-19/h1-17,28H,18H2,(H2,33,35,39)/t28-/m0/s1. The molecule has 1 aliphatic rings. The minimum atomic E-state index is -1.39. The van der Waals surface area contributed by atoms with Crippen LogP contribution in [0, 0.1) is 5.82 Å². The smallest absolute Gasteiger partial charge is 0.308 e. The van der Waals surface area contributed by atoms with Crippen molar-refractivity contribution in [1.29, 1.82) is 0 Å². The minimum absolute atomic E-state index is 0.139. The number of ketones is 1. The lowest BCUT2D eigenvalue weighted by atomic mass is 10.00. The van der Waals surface area contributed by atoms with Crippen LogP contribution in [0.4, 0.5) is 20.6 Å². The average Bonchev–Trinajstić information content (AvgIpc) is 3.04. The van der Waals surface area contributed by atoms with Gasteiger partial charge in [0, 0.05) is 21.8 Å². The molecule has 0 saturated heterocycles. The van der Waals surface area contributed by atoms with Crippen LogP contribution >= 0.6 is 11.6 Å². The van der Waals surface area contributed by atoms with Gasteiger partial charge < -0.3 is 15.5 Å². The molecule has 1 atom stereocenters. The topological polar surface area (TPSA) is 90.9 Å². The van der Waals surface area contributed by atoms with Crippen LogP contribution in [0.5, 0.6) is 0 Å². The number of anilines is 2. The Labute approximate surface area is 228 Å². The number of carbonyl (C=O) groups excluding carboxylic acids is 3. The van der Waals surface area contributed by atoms with Crippen LogP contribution in [0.2, 0.25) is 5.02 Å². The van der Waals surface area contributed by atoms with Gasteiger partial charge in [-0.05, 0) is 36.4 Å². The SMILES string of the molecule is O=C(Nc1cccc(Cl)c1)N[C@@H]1N=C(c2ccccc2)c2ccccc2N(CC(=O)c2ccccc2F)C1=O. The Bertz CT molecular complexity index is 1590. The number of urea groups is 1. The van der Waals surface area contributed by atoms with Gasteiger partial charge in [0.05, 0.1) is 23.5 Å². The van der Waals surface area contributed by atoms with Gasteiger partial charge in [0.15, 0.2) is 5.78 Å². The van der Waals surface area contributed by atoms with Crippen LogP contribution in [0.1, 0.15) is 21.5 Å². The molecule has 3 amide bonds. The van der Waals surface area contributed by atoms with Gasteiger partial charge in [0.25, 0.3) is 5.91 Å². The Balaban J connectivity index is 1.54. The largest absolute Gasteiger partial charge is 0.321 e. The van der Waals surface area contributed by atoms with Crippen molar-refractivity contribution in [3.8, 4) is 0 Å². The third kappa shape index (κ3) is 5.71. The number of rotatable bonds is 6. The van der Waals surface area contributed by atoms with Crippen molar-refractivity contribution in [2.45, 2.75) is 6.17 Å². The Kier molecular flexibility index (Phi) is 7.47. The highest BCUT2D eigenvalue weighted by Crippen LogP contribution is 2.29. The van der Waals surface area contributed by atoms with Gasteiger partial charge in [-0.2, -0.15) is 0 Å². The van der Waals surface area contributed by atoms with E-state index in [-0.39, 0.29) is 5.56 Å².